The lowest BCUT2D eigenvalue weighted by Crippen LogP contribution is -2.43. The van der Waals surface area contributed by atoms with E-state index in [0.717, 1.165) is 55.2 Å². The second-order valence-electron chi connectivity index (χ2n) is 9.81. The van der Waals surface area contributed by atoms with Crippen LogP contribution in [0.15, 0.2) is 79.0 Å². The Morgan fingerprint density at radius 3 is 2.09 bits per heavy atom. The topological polar surface area (TPSA) is 24.3 Å². The van der Waals surface area contributed by atoms with E-state index in [0.29, 0.717) is 11.5 Å². The zero-order valence-corrected chi connectivity index (χ0v) is 20.8. The number of likely N-dealkylation sites (N-methyl/N-ethyl adjacent to an activating group) is 1. The quantitative estimate of drug-likeness (QED) is 0.336. The van der Waals surface area contributed by atoms with Gasteiger partial charge in [0.2, 0.25) is 0 Å². The Kier molecular flexibility index (Phi) is 6.80. The van der Waals surface area contributed by atoms with Gasteiger partial charge in [-0.25, -0.2) is 9.07 Å². The fourth-order valence-electron chi connectivity index (χ4n) is 4.74. The number of halogens is 1. The molecule has 1 aromatic heterocycles. The van der Waals surface area contributed by atoms with Gasteiger partial charge in [0.15, 0.2) is 0 Å². The van der Waals surface area contributed by atoms with Crippen LogP contribution in [0.2, 0.25) is 0 Å². The van der Waals surface area contributed by atoms with Crippen molar-refractivity contribution in [2.45, 2.75) is 26.3 Å². The first-order valence-electron chi connectivity index (χ1n) is 12.4. The Morgan fingerprint density at radius 1 is 0.829 bits per heavy atom. The predicted octanol–water partition coefficient (Wildman–Crippen LogP) is 6.22. The molecule has 1 aliphatic rings. The molecule has 0 atom stereocenters. The van der Waals surface area contributed by atoms with E-state index >= 15 is 0 Å². The first-order valence-corrected chi connectivity index (χ1v) is 12.4. The maximum Gasteiger partial charge on any atom is 0.132 e. The molecule has 0 aliphatic carbocycles. The molecule has 1 saturated heterocycles. The highest BCUT2D eigenvalue weighted by molar-refractivity contribution is 5.68. The summed E-state index contributed by atoms with van der Waals surface area (Å²) in [6, 6.07) is 24.1. The summed E-state index contributed by atoms with van der Waals surface area (Å²) in [5, 5.41) is 4.73. The molecule has 3 aromatic carbocycles. The van der Waals surface area contributed by atoms with Crippen LogP contribution in [0.1, 0.15) is 30.9 Å². The largest absolute Gasteiger partial charge is 0.304 e. The molecule has 5 rings (SSSR count). The molecule has 0 N–H and O–H groups in total. The maximum atomic E-state index is 15.0. The second-order valence-corrected chi connectivity index (χ2v) is 9.81. The average molecular weight is 469 g/mol. The van der Waals surface area contributed by atoms with E-state index in [9.17, 15) is 4.39 Å². The molecule has 180 valence electrons. The number of aromatic nitrogens is 2. The number of piperazine rings is 1. The van der Waals surface area contributed by atoms with Gasteiger partial charge >= 0.3 is 0 Å². The summed E-state index contributed by atoms with van der Waals surface area (Å²) in [7, 11) is 2.16. The van der Waals surface area contributed by atoms with Crippen molar-refractivity contribution in [1.29, 1.82) is 0 Å². The van der Waals surface area contributed by atoms with Crippen LogP contribution < -0.4 is 0 Å². The molecule has 0 radical (unpaired) electrons. The van der Waals surface area contributed by atoms with Gasteiger partial charge in [0.05, 0.1) is 17.6 Å². The van der Waals surface area contributed by atoms with E-state index in [4.69, 9.17) is 5.10 Å². The molecule has 0 saturated carbocycles. The van der Waals surface area contributed by atoms with Gasteiger partial charge in [-0.3, -0.25) is 4.90 Å². The van der Waals surface area contributed by atoms with Crippen LogP contribution in [0, 0.1) is 5.82 Å². The van der Waals surface area contributed by atoms with Crippen molar-refractivity contribution in [3.63, 3.8) is 0 Å². The Labute approximate surface area is 207 Å². The molecule has 0 unspecified atom stereocenters. The third-order valence-electron chi connectivity index (χ3n) is 6.99. The van der Waals surface area contributed by atoms with Crippen LogP contribution in [0.5, 0.6) is 0 Å². The van der Waals surface area contributed by atoms with Crippen molar-refractivity contribution in [2.75, 3.05) is 33.2 Å². The molecular formula is C30H33FN4. The highest BCUT2D eigenvalue weighted by atomic mass is 19.1. The lowest BCUT2D eigenvalue weighted by molar-refractivity contribution is 0.148. The molecule has 1 fully saturated rings. The van der Waals surface area contributed by atoms with E-state index in [-0.39, 0.29) is 5.82 Å². The predicted molar refractivity (Wildman–Crippen MR) is 141 cm³/mol. The van der Waals surface area contributed by atoms with Crippen LogP contribution in [0.25, 0.3) is 28.1 Å². The highest BCUT2D eigenvalue weighted by Gasteiger charge is 2.21. The Morgan fingerprint density at radius 2 is 1.46 bits per heavy atom. The minimum Gasteiger partial charge on any atom is -0.304 e. The molecular weight excluding hydrogens is 435 g/mol. The Hall–Kier alpha value is -3.28. The van der Waals surface area contributed by atoms with Crippen LogP contribution in [-0.2, 0) is 6.54 Å². The van der Waals surface area contributed by atoms with Gasteiger partial charge in [0, 0.05) is 43.9 Å². The summed E-state index contributed by atoms with van der Waals surface area (Å²) in [5.41, 5.74) is 7.07. The number of hydrogen-bond donors (Lipinski definition) is 0. The number of rotatable bonds is 6. The molecule has 0 amide bonds. The molecule has 35 heavy (non-hydrogen) atoms. The minimum atomic E-state index is -0.226. The summed E-state index contributed by atoms with van der Waals surface area (Å²) in [6.07, 6.45) is 1.90. The van der Waals surface area contributed by atoms with Gasteiger partial charge in [-0.1, -0.05) is 62.4 Å². The number of nitrogens with zero attached hydrogens (tertiary/aromatic N) is 4. The van der Waals surface area contributed by atoms with Crippen molar-refractivity contribution in [3.05, 3.63) is 95.9 Å². The van der Waals surface area contributed by atoms with Crippen molar-refractivity contribution < 1.29 is 4.39 Å². The SMILES string of the molecule is CC(C)c1ccc(-c2ccc(-n3ncc(CN4CCN(C)CC4)c3-c3ccccc3F)cc2)cc1. The van der Waals surface area contributed by atoms with E-state index in [1.807, 2.05) is 23.0 Å². The van der Waals surface area contributed by atoms with Gasteiger partial charge < -0.3 is 4.90 Å². The number of hydrogen-bond acceptors (Lipinski definition) is 3. The molecule has 0 spiro atoms. The first-order chi connectivity index (χ1) is 17.0. The highest BCUT2D eigenvalue weighted by Crippen LogP contribution is 2.31. The van der Waals surface area contributed by atoms with Gasteiger partial charge in [-0.05, 0) is 53.9 Å². The average Bonchev–Trinajstić information content (AvgIpc) is 3.29. The van der Waals surface area contributed by atoms with Gasteiger partial charge in [-0.2, -0.15) is 5.10 Å². The third kappa shape index (κ3) is 5.07. The molecule has 4 aromatic rings. The summed E-state index contributed by atoms with van der Waals surface area (Å²) < 4.78 is 16.9. The summed E-state index contributed by atoms with van der Waals surface area (Å²) in [5.74, 6) is 0.291. The fraction of sp³-hybridized carbons (Fsp3) is 0.300. The van der Waals surface area contributed by atoms with Gasteiger partial charge in [0.25, 0.3) is 0 Å². The zero-order chi connectivity index (χ0) is 24.4. The number of benzene rings is 3. The normalized spacial score (nSPS) is 15.1. The summed E-state index contributed by atoms with van der Waals surface area (Å²) >= 11 is 0. The summed E-state index contributed by atoms with van der Waals surface area (Å²) in [6.45, 7) is 9.27. The van der Waals surface area contributed by atoms with E-state index < -0.39 is 0 Å². The van der Waals surface area contributed by atoms with Crippen LogP contribution in [0.3, 0.4) is 0 Å². The van der Waals surface area contributed by atoms with Gasteiger partial charge in [-0.15, -0.1) is 0 Å². The smallest absolute Gasteiger partial charge is 0.132 e. The Balaban J connectivity index is 1.48. The Bertz CT molecular complexity index is 1270. The molecule has 2 heterocycles. The van der Waals surface area contributed by atoms with E-state index in [1.54, 1.807) is 6.07 Å². The molecule has 1 aliphatic heterocycles. The first kappa shape index (κ1) is 23.5. The lowest BCUT2D eigenvalue weighted by atomic mass is 9.99. The van der Waals surface area contributed by atoms with Crippen LogP contribution >= 0.6 is 0 Å². The van der Waals surface area contributed by atoms with Gasteiger partial charge in [0.1, 0.15) is 5.82 Å². The molecule has 4 nitrogen and oxygen atoms in total. The monoisotopic (exact) mass is 468 g/mol. The lowest BCUT2D eigenvalue weighted by Gasteiger charge is -2.32. The van der Waals surface area contributed by atoms with E-state index in [1.165, 1.54) is 17.2 Å². The third-order valence-corrected chi connectivity index (χ3v) is 6.99. The van der Waals surface area contributed by atoms with Crippen molar-refractivity contribution in [3.8, 4) is 28.1 Å². The van der Waals surface area contributed by atoms with Crippen molar-refractivity contribution >= 4 is 0 Å². The van der Waals surface area contributed by atoms with Crippen LogP contribution in [0.4, 0.5) is 4.39 Å². The standard InChI is InChI=1S/C30H33FN4/c1-22(2)23-8-10-24(11-9-23)25-12-14-27(15-13-25)35-30(28-6-4-5-7-29(28)31)26(20-32-35)21-34-18-16-33(3)17-19-34/h4-15,20,22H,16-19,21H2,1-3H3. The minimum absolute atomic E-state index is 0.226. The fourth-order valence-corrected chi connectivity index (χ4v) is 4.74. The summed E-state index contributed by atoms with van der Waals surface area (Å²) in [4.78, 5) is 4.77. The van der Waals surface area contributed by atoms with Crippen molar-refractivity contribution in [1.82, 2.24) is 19.6 Å². The van der Waals surface area contributed by atoms with Crippen molar-refractivity contribution in [2.24, 2.45) is 0 Å². The molecule has 5 heteroatoms. The van der Waals surface area contributed by atoms with E-state index in [2.05, 4.69) is 79.2 Å². The maximum absolute atomic E-state index is 15.0. The zero-order valence-electron chi connectivity index (χ0n) is 20.8. The van der Waals surface area contributed by atoms with Crippen LogP contribution in [-0.4, -0.2) is 52.8 Å². The molecule has 0 bridgehead atoms. The second kappa shape index (κ2) is 10.1.